The molecule has 0 spiro atoms. The first-order chi connectivity index (χ1) is 17.9. The van der Waals surface area contributed by atoms with Gasteiger partial charge in [0.1, 0.15) is 23.5 Å². The van der Waals surface area contributed by atoms with Crippen molar-refractivity contribution in [1.82, 2.24) is 24.2 Å². The molecular weight excluding hydrogens is 505 g/mol. The number of pyridine rings is 1. The third kappa shape index (κ3) is 4.51. The quantitative estimate of drug-likeness (QED) is 0.347. The number of nitrogens with one attached hydrogen (secondary N) is 2. The minimum atomic E-state index is -1.95. The van der Waals surface area contributed by atoms with Crippen molar-refractivity contribution in [1.29, 1.82) is 0 Å². The van der Waals surface area contributed by atoms with Crippen molar-refractivity contribution in [3.8, 4) is 11.1 Å². The van der Waals surface area contributed by atoms with E-state index in [0.717, 1.165) is 30.8 Å². The summed E-state index contributed by atoms with van der Waals surface area (Å²) in [6.07, 6.45) is 7.59. The molecule has 0 bridgehead atoms. The molecule has 1 saturated heterocycles. The number of aromatic nitrogens is 4. The molecule has 2 fully saturated rings. The van der Waals surface area contributed by atoms with Crippen LogP contribution < -0.4 is 4.72 Å². The van der Waals surface area contributed by atoms with Gasteiger partial charge in [-0.05, 0) is 37.5 Å². The lowest BCUT2D eigenvalue weighted by Gasteiger charge is -2.16. The molecule has 12 heteroatoms. The molecule has 4 heterocycles. The second-order valence-corrected chi connectivity index (χ2v) is 10.4. The predicted octanol–water partition coefficient (Wildman–Crippen LogP) is 4.44. The molecule has 2 atom stereocenters. The monoisotopic (exact) mass is 526 g/mol. The van der Waals surface area contributed by atoms with Crippen molar-refractivity contribution in [2.24, 2.45) is 0 Å². The second-order valence-electron chi connectivity index (χ2n) is 9.16. The van der Waals surface area contributed by atoms with Crippen LogP contribution >= 0.6 is 0 Å². The van der Waals surface area contributed by atoms with Gasteiger partial charge in [-0.15, -0.1) is 0 Å². The summed E-state index contributed by atoms with van der Waals surface area (Å²) in [6.45, 7) is 0.168. The van der Waals surface area contributed by atoms with Crippen LogP contribution in [0.15, 0.2) is 43.0 Å². The Kier molecular flexibility index (Phi) is 6.00. The van der Waals surface area contributed by atoms with Gasteiger partial charge in [-0.1, -0.05) is 0 Å². The Morgan fingerprint density at radius 1 is 1.08 bits per heavy atom. The molecule has 37 heavy (non-hydrogen) atoms. The average molecular weight is 527 g/mol. The van der Waals surface area contributed by atoms with Crippen molar-refractivity contribution >= 4 is 33.7 Å². The maximum Gasteiger partial charge on any atom is 0.201 e. The summed E-state index contributed by atoms with van der Waals surface area (Å²) in [6, 6.07) is 3.67. The molecule has 4 aromatic rings. The SMILES string of the molecule is O=C(c1c(F)ccc(NS(=O)N2CCC(F)C2)c1F)c1c[nH]c2ncc(-c3cnc(C4CC4)nc3)cc12. The molecule has 1 aromatic carbocycles. The average Bonchev–Trinajstić information content (AvgIpc) is 3.52. The van der Waals surface area contributed by atoms with Crippen molar-refractivity contribution in [3.63, 3.8) is 0 Å². The van der Waals surface area contributed by atoms with Gasteiger partial charge in [0, 0.05) is 65.9 Å². The second kappa shape index (κ2) is 9.34. The van der Waals surface area contributed by atoms with Gasteiger partial charge in [-0.25, -0.2) is 36.6 Å². The summed E-state index contributed by atoms with van der Waals surface area (Å²) in [5.41, 5.74) is 0.616. The standard InChI is InChI=1S/C25H21F3N6O2S/c26-16-5-6-34(12-16)37(36)33-20-4-3-19(27)21(22(20)28)23(35)18-11-32-25-17(18)7-14(8-31-25)15-9-29-24(30-10-15)13-1-2-13/h3-4,7-11,13,16,33H,1-2,5-6,12H2,(H,31,32). The largest absolute Gasteiger partial charge is 0.345 e. The molecule has 1 saturated carbocycles. The highest BCUT2D eigenvalue weighted by Gasteiger charge is 2.29. The van der Waals surface area contributed by atoms with Crippen LogP contribution in [0.2, 0.25) is 0 Å². The zero-order valence-corrected chi connectivity index (χ0v) is 20.2. The fourth-order valence-corrected chi connectivity index (χ4v) is 5.40. The maximum atomic E-state index is 15.4. The Bertz CT molecular complexity index is 1540. The molecular formula is C25H21F3N6O2S. The maximum absolute atomic E-state index is 15.4. The molecule has 3 aromatic heterocycles. The highest BCUT2D eigenvalue weighted by molar-refractivity contribution is 7.84. The lowest BCUT2D eigenvalue weighted by atomic mass is 10.0. The lowest BCUT2D eigenvalue weighted by Crippen LogP contribution is -2.29. The van der Waals surface area contributed by atoms with Crippen molar-refractivity contribution in [2.45, 2.75) is 31.4 Å². The van der Waals surface area contributed by atoms with Gasteiger partial charge in [0.15, 0.2) is 17.0 Å². The zero-order valence-electron chi connectivity index (χ0n) is 19.4. The molecule has 2 aliphatic rings. The van der Waals surface area contributed by atoms with Crippen molar-refractivity contribution in [3.05, 3.63) is 71.6 Å². The van der Waals surface area contributed by atoms with E-state index in [2.05, 4.69) is 24.7 Å². The molecule has 1 aliphatic heterocycles. The fraction of sp³-hybridized carbons (Fsp3) is 0.280. The van der Waals surface area contributed by atoms with Gasteiger partial charge in [-0.2, -0.15) is 0 Å². The Balaban J connectivity index is 1.31. The minimum absolute atomic E-state index is 0.0238. The van der Waals surface area contributed by atoms with Gasteiger partial charge in [0.05, 0.1) is 11.3 Å². The summed E-state index contributed by atoms with van der Waals surface area (Å²) in [4.78, 5) is 29.4. The smallest absolute Gasteiger partial charge is 0.201 e. The Morgan fingerprint density at radius 2 is 1.84 bits per heavy atom. The number of nitrogens with zero attached hydrogens (tertiary/aromatic N) is 4. The normalized spacial score (nSPS) is 18.8. The van der Waals surface area contributed by atoms with E-state index in [-0.39, 0.29) is 30.8 Å². The van der Waals surface area contributed by atoms with Gasteiger partial charge in [0.25, 0.3) is 0 Å². The summed E-state index contributed by atoms with van der Waals surface area (Å²) in [7, 11) is 0. The van der Waals surface area contributed by atoms with Crippen LogP contribution in [0.4, 0.5) is 18.9 Å². The van der Waals surface area contributed by atoms with E-state index in [1.807, 2.05) is 0 Å². The first kappa shape index (κ1) is 23.7. The number of anilines is 1. The van der Waals surface area contributed by atoms with Crippen LogP contribution in [0.3, 0.4) is 0 Å². The van der Waals surface area contributed by atoms with Crippen molar-refractivity contribution in [2.75, 3.05) is 17.8 Å². The van der Waals surface area contributed by atoms with Crippen LogP contribution in [0.1, 0.15) is 46.9 Å². The third-order valence-corrected chi connectivity index (χ3v) is 7.76. The molecule has 190 valence electrons. The number of hydrogen-bond acceptors (Lipinski definition) is 5. The summed E-state index contributed by atoms with van der Waals surface area (Å²) in [5, 5.41) is 0.376. The number of carbonyl (C=O) groups is 1. The van der Waals surface area contributed by atoms with Crippen LogP contribution in [0.5, 0.6) is 0 Å². The molecule has 2 unspecified atom stereocenters. The summed E-state index contributed by atoms with van der Waals surface area (Å²) >= 11 is -1.95. The van der Waals surface area contributed by atoms with E-state index in [1.54, 1.807) is 24.7 Å². The lowest BCUT2D eigenvalue weighted by molar-refractivity contribution is 0.103. The number of fused-ring (bicyclic) bond motifs is 1. The molecule has 8 nitrogen and oxygen atoms in total. The molecule has 2 N–H and O–H groups in total. The fourth-order valence-electron chi connectivity index (χ4n) is 4.36. The third-order valence-electron chi connectivity index (χ3n) is 6.57. The molecule has 6 rings (SSSR count). The Labute approximate surface area is 212 Å². The Hall–Kier alpha value is -3.64. The number of aromatic amines is 1. The van der Waals surface area contributed by atoms with E-state index in [4.69, 9.17) is 0 Å². The number of carbonyl (C=O) groups excluding carboxylic acids is 1. The highest BCUT2D eigenvalue weighted by Crippen LogP contribution is 2.38. The van der Waals surface area contributed by atoms with Crippen LogP contribution in [0, 0.1) is 11.6 Å². The van der Waals surface area contributed by atoms with Crippen molar-refractivity contribution < 1.29 is 22.2 Å². The van der Waals surface area contributed by atoms with E-state index in [9.17, 15) is 17.8 Å². The van der Waals surface area contributed by atoms with Gasteiger partial charge >= 0.3 is 0 Å². The van der Waals surface area contributed by atoms with Crippen LogP contribution in [0.25, 0.3) is 22.2 Å². The molecule has 1 aliphatic carbocycles. The summed E-state index contributed by atoms with van der Waals surface area (Å²) < 4.78 is 59.8. The van der Waals surface area contributed by atoms with Crippen LogP contribution in [-0.4, -0.2) is 53.5 Å². The van der Waals surface area contributed by atoms with Gasteiger partial charge in [0.2, 0.25) is 5.78 Å². The van der Waals surface area contributed by atoms with Crippen LogP contribution in [-0.2, 0) is 11.2 Å². The van der Waals surface area contributed by atoms with E-state index in [0.29, 0.717) is 28.1 Å². The number of halogens is 3. The number of rotatable bonds is 7. The first-order valence-corrected chi connectivity index (χ1v) is 12.9. The highest BCUT2D eigenvalue weighted by atomic mass is 32.2. The molecule has 0 radical (unpaired) electrons. The number of H-pyrrole nitrogens is 1. The zero-order chi connectivity index (χ0) is 25.7. The number of ketones is 1. The molecule has 0 amide bonds. The van der Waals surface area contributed by atoms with E-state index >= 15 is 4.39 Å². The Morgan fingerprint density at radius 3 is 2.54 bits per heavy atom. The van der Waals surface area contributed by atoms with E-state index < -0.39 is 40.3 Å². The number of alkyl halides is 1. The first-order valence-electron chi connectivity index (χ1n) is 11.8. The van der Waals surface area contributed by atoms with Gasteiger partial charge < -0.3 is 4.98 Å². The predicted molar refractivity (Wildman–Crippen MR) is 132 cm³/mol. The number of hydrogen-bond donors (Lipinski definition) is 2. The number of benzene rings is 1. The topological polar surface area (TPSA) is 104 Å². The summed E-state index contributed by atoms with van der Waals surface area (Å²) in [5.74, 6) is -1.94. The minimum Gasteiger partial charge on any atom is -0.345 e. The van der Waals surface area contributed by atoms with Gasteiger partial charge in [-0.3, -0.25) is 9.52 Å². The van der Waals surface area contributed by atoms with E-state index in [1.165, 1.54) is 10.5 Å².